The third-order valence-corrected chi connectivity index (χ3v) is 6.44. The highest BCUT2D eigenvalue weighted by Gasteiger charge is 2.50. The summed E-state index contributed by atoms with van der Waals surface area (Å²) < 4.78 is 6.01. The Hall–Kier alpha value is -1.78. The Labute approximate surface area is 140 Å². The molecule has 1 unspecified atom stereocenters. The molecular weight excluding hydrogens is 306 g/mol. The minimum atomic E-state index is -0.686. The Balaban J connectivity index is 1.29. The van der Waals surface area contributed by atoms with Gasteiger partial charge in [0.1, 0.15) is 11.5 Å². The number of amides is 1. The van der Waals surface area contributed by atoms with Crippen LogP contribution < -0.4 is 5.32 Å². The summed E-state index contributed by atoms with van der Waals surface area (Å²) >= 11 is 0. The van der Waals surface area contributed by atoms with E-state index < -0.39 is 5.97 Å². The number of carboxylic acid groups (broad SMARTS) is 1. The van der Waals surface area contributed by atoms with E-state index >= 15 is 0 Å². The fourth-order valence-electron chi connectivity index (χ4n) is 4.66. The molecule has 4 saturated carbocycles. The Bertz CT molecular complexity index is 700. The lowest BCUT2D eigenvalue weighted by Gasteiger charge is -2.40. The van der Waals surface area contributed by atoms with E-state index in [0.29, 0.717) is 30.1 Å². The third-order valence-electron chi connectivity index (χ3n) is 6.44. The summed E-state index contributed by atoms with van der Waals surface area (Å²) in [6.07, 6.45) is 6.98. The minimum absolute atomic E-state index is 0.0187. The largest absolute Gasteiger partial charge is 0.481 e. The van der Waals surface area contributed by atoms with E-state index in [9.17, 15) is 14.7 Å². The van der Waals surface area contributed by atoms with Crippen LogP contribution >= 0.6 is 0 Å². The quantitative estimate of drug-likeness (QED) is 0.869. The van der Waals surface area contributed by atoms with Crippen LogP contribution in [-0.4, -0.2) is 23.0 Å². The maximum atomic E-state index is 12.8. The number of rotatable bonds is 5. The number of carboxylic acids is 1. The Morgan fingerprint density at radius 3 is 2.50 bits per heavy atom. The number of aliphatic carboxylic acids is 1. The van der Waals surface area contributed by atoms with Crippen LogP contribution in [0.25, 0.3) is 0 Å². The van der Waals surface area contributed by atoms with Gasteiger partial charge in [-0.25, -0.2) is 0 Å². The van der Waals surface area contributed by atoms with Crippen molar-refractivity contribution in [1.82, 2.24) is 5.32 Å². The predicted molar refractivity (Wildman–Crippen MR) is 85.9 cm³/mol. The van der Waals surface area contributed by atoms with Crippen LogP contribution in [0.2, 0.25) is 0 Å². The molecule has 0 aromatic carbocycles. The van der Waals surface area contributed by atoms with Crippen LogP contribution in [0.3, 0.4) is 0 Å². The van der Waals surface area contributed by atoms with E-state index in [0.717, 1.165) is 42.8 Å². The van der Waals surface area contributed by atoms with Crippen molar-refractivity contribution >= 4 is 11.9 Å². The average Bonchev–Trinajstić information content (AvgIpc) is 3.47. The summed E-state index contributed by atoms with van der Waals surface area (Å²) in [5, 5.41) is 12.4. The SMILES string of the molecule is O=C(N[C@H]1C[C@H]2CC(C(=O)O)C[C@H]21)c1cc(C2CC2)oc1C1CC1. The maximum Gasteiger partial charge on any atom is 0.306 e. The van der Waals surface area contributed by atoms with Crippen LogP contribution in [0.15, 0.2) is 10.5 Å². The van der Waals surface area contributed by atoms with Crippen LogP contribution in [0.5, 0.6) is 0 Å². The summed E-state index contributed by atoms with van der Waals surface area (Å²) in [4.78, 5) is 23.9. The summed E-state index contributed by atoms with van der Waals surface area (Å²) in [5.41, 5.74) is 0.732. The first-order valence-corrected chi connectivity index (χ1v) is 9.27. The standard InChI is InChI=1S/C19H23NO4/c21-18(20-15-7-11-5-12(19(22)23)6-13(11)15)14-8-16(9-1-2-9)24-17(14)10-3-4-10/h8-13,15H,1-7H2,(H,20,21)(H,22,23)/t11-,12?,13-,15+/m1/s1. The van der Waals surface area contributed by atoms with Crippen molar-refractivity contribution < 1.29 is 19.1 Å². The van der Waals surface area contributed by atoms with Crippen LogP contribution in [0.1, 0.15) is 78.7 Å². The van der Waals surface area contributed by atoms with Crippen LogP contribution in [-0.2, 0) is 4.79 Å². The molecule has 0 spiro atoms. The molecule has 0 saturated heterocycles. The van der Waals surface area contributed by atoms with E-state index in [4.69, 9.17) is 4.42 Å². The summed E-state index contributed by atoms with van der Waals surface area (Å²) in [6, 6.07) is 2.10. The smallest absolute Gasteiger partial charge is 0.306 e. The summed E-state index contributed by atoms with van der Waals surface area (Å²) in [5.74, 6) is 2.71. The number of carbonyl (C=O) groups is 2. The van der Waals surface area contributed by atoms with Crippen molar-refractivity contribution in [2.75, 3.05) is 0 Å². The molecular formula is C19H23NO4. The Morgan fingerprint density at radius 1 is 1.08 bits per heavy atom. The van der Waals surface area contributed by atoms with Gasteiger partial charge in [-0.3, -0.25) is 9.59 Å². The molecule has 4 fully saturated rings. The van der Waals surface area contributed by atoms with Gasteiger partial charge < -0.3 is 14.8 Å². The highest BCUT2D eigenvalue weighted by atomic mass is 16.4. The highest BCUT2D eigenvalue weighted by molar-refractivity contribution is 5.96. The monoisotopic (exact) mass is 329 g/mol. The summed E-state index contributed by atoms with van der Waals surface area (Å²) in [6.45, 7) is 0. The molecule has 0 aliphatic heterocycles. The average molecular weight is 329 g/mol. The van der Waals surface area contributed by atoms with E-state index in [-0.39, 0.29) is 17.9 Å². The second-order valence-corrected chi connectivity index (χ2v) is 8.22. The van der Waals surface area contributed by atoms with Crippen molar-refractivity contribution in [3.63, 3.8) is 0 Å². The second-order valence-electron chi connectivity index (χ2n) is 8.22. The molecule has 4 aliphatic carbocycles. The van der Waals surface area contributed by atoms with E-state index in [2.05, 4.69) is 5.32 Å². The Kier molecular flexibility index (Phi) is 3.10. The molecule has 128 valence electrons. The van der Waals surface area contributed by atoms with Gasteiger partial charge in [0, 0.05) is 17.9 Å². The zero-order valence-corrected chi connectivity index (χ0v) is 13.7. The highest BCUT2D eigenvalue weighted by Crippen LogP contribution is 2.50. The van der Waals surface area contributed by atoms with Crippen molar-refractivity contribution in [3.05, 3.63) is 23.2 Å². The molecule has 0 bridgehead atoms. The fourth-order valence-corrected chi connectivity index (χ4v) is 4.66. The molecule has 1 aromatic heterocycles. The first-order valence-electron chi connectivity index (χ1n) is 9.27. The molecule has 4 atom stereocenters. The van der Waals surface area contributed by atoms with Gasteiger partial charge in [0.15, 0.2) is 0 Å². The van der Waals surface area contributed by atoms with Gasteiger partial charge in [-0.15, -0.1) is 0 Å². The lowest BCUT2D eigenvalue weighted by molar-refractivity contribution is -0.141. The number of nitrogens with one attached hydrogen (secondary N) is 1. The first-order chi connectivity index (χ1) is 11.6. The Morgan fingerprint density at radius 2 is 1.83 bits per heavy atom. The third kappa shape index (κ3) is 2.36. The molecule has 1 heterocycles. The van der Waals surface area contributed by atoms with E-state index in [1.807, 2.05) is 6.07 Å². The van der Waals surface area contributed by atoms with Gasteiger partial charge in [-0.2, -0.15) is 0 Å². The molecule has 4 aliphatic rings. The molecule has 1 amide bonds. The number of fused-ring (bicyclic) bond motifs is 1. The van der Waals surface area contributed by atoms with Gasteiger partial charge in [-0.1, -0.05) is 0 Å². The van der Waals surface area contributed by atoms with Crippen molar-refractivity contribution in [2.45, 2.75) is 62.8 Å². The fraction of sp³-hybridized carbons (Fsp3) is 0.684. The molecule has 5 nitrogen and oxygen atoms in total. The number of hydrogen-bond donors (Lipinski definition) is 2. The lowest BCUT2D eigenvalue weighted by atomic mass is 9.71. The van der Waals surface area contributed by atoms with E-state index in [1.54, 1.807) is 0 Å². The lowest BCUT2D eigenvalue weighted by Crippen LogP contribution is -2.50. The van der Waals surface area contributed by atoms with Crippen molar-refractivity contribution in [2.24, 2.45) is 17.8 Å². The topological polar surface area (TPSA) is 79.5 Å². The van der Waals surface area contributed by atoms with Crippen molar-refractivity contribution in [1.29, 1.82) is 0 Å². The minimum Gasteiger partial charge on any atom is -0.481 e. The van der Waals surface area contributed by atoms with Gasteiger partial charge >= 0.3 is 5.97 Å². The van der Waals surface area contributed by atoms with Gasteiger partial charge in [0.25, 0.3) is 5.91 Å². The van der Waals surface area contributed by atoms with E-state index in [1.165, 1.54) is 12.8 Å². The second kappa shape index (κ2) is 5.11. The normalized spacial score (nSPS) is 34.5. The predicted octanol–water partition coefficient (Wildman–Crippen LogP) is 3.26. The van der Waals surface area contributed by atoms with Crippen LogP contribution in [0, 0.1) is 17.8 Å². The number of furan rings is 1. The van der Waals surface area contributed by atoms with Crippen molar-refractivity contribution in [3.8, 4) is 0 Å². The molecule has 5 heteroatoms. The zero-order chi connectivity index (χ0) is 16.4. The number of carbonyl (C=O) groups excluding carboxylic acids is 1. The summed E-state index contributed by atoms with van der Waals surface area (Å²) in [7, 11) is 0. The van der Waals surface area contributed by atoms with Gasteiger partial charge in [0.2, 0.25) is 0 Å². The zero-order valence-electron chi connectivity index (χ0n) is 13.7. The van der Waals surface area contributed by atoms with Gasteiger partial charge in [-0.05, 0) is 62.8 Å². The molecule has 5 rings (SSSR count). The van der Waals surface area contributed by atoms with Crippen LogP contribution in [0.4, 0.5) is 0 Å². The molecule has 0 radical (unpaired) electrons. The molecule has 2 N–H and O–H groups in total. The number of hydrogen-bond acceptors (Lipinski definition) is 3. The molecule has 24 heavy (non-hydrogen) atoms. The van der Waals surface area contributed by atoms with Gasteiger partial charge in [0.05, 0.1) is 11.5 Å². The molecule has 1 aromatic rings. The first kappa shape index (κ1) is 14.6. The maximum absolute atomic E-state index is 12.8.